The molecule has 0 fully saturated rings. The van der Waals surface area contributed by atoms with Crippen molar-refractivity contribution in [2.24, 2.45) is 0 Å². The van der Waals surface area contributed by atoms with Crippen LogP contribution in [0.1, 0.15) is 78.1 Å². The van der Waals surface area contributed by atoms with Crippen LogP contribution >= 0.6 is 0 Å². The molecule has 0 aliphatic carbocycles. The highest BCUT2D eigenvalue weighted by molar-refractivity contribution is 5.98. The monoisotopic (exact) mass is 646 g/mol. The van der Waals surface area contributed by atoms with Gasteiger partial charge < -0.3 is 24.9 Å². The summed E-state index contributed by atoms with van der Waals surface area (Å²) in [7, 11) is 5.38. The highest BCUT2D eigenvalue weighted by atomic mass is 16.5. The quantitative estimate of drug-likeness (QED) is 0.190. The van der Waals surface area contributed by atoms with Gasteiger partial charge in [-0.15, -0.1) is 0 Å². The lowest BCUT2D eigenvalue weighted by Gasteiger charge is -2.10. The molecule has 0 atom stereocenters. The predicted molar refractivity (Wildman–Crippen MR) is 197 cm³/mol. The van der Waals surface area contributed by atoms with Gasteiger partial charge in [-0.05, 0) is 112 Å². The van der Waals surface area contributed by atoms with Gasteiger partial charge in [0.05, 0.1) is 29.9 Å². The Bertz CT molecular complexity index is 2040. The third kappa shape index (κ3) is 6.96. The highest BCUT2D eigenvalue weighted by Crippen LogP contribution is 2.36. The van der Waals surface area contributed by atoms with E-state index in [1.54, 1.807) is 0 Å². The molecule has 3 aromatic rings. The first-order valence-electron chi connectivity index (χ1n) is 16.3. The molecule has 0 spiro atoms. The van der Waals surface area contributed by atoms with E-state index in [-0.39, 0.29) is 18.3 Å². The van der Waals surface area contributed by atoms with Crippen molar-refractivity contribution in [1.29, 1.82) is 0 Å². The molecule has 0 unspecified atom stereocenters. The van der Waals surface area contributed by atoms with E-state index in [9.17, 15) is 9.59 Å². The predicted octanol–water partition coefficient (Wildman–Crippen LogP) is 7.19. The SMILES string of the molecule is C=CC1=C(C)c2cc3[nH]c(cc4nc(cc5[nH]c(cc1n2)c(C)c5CCC(=O)NCCN(C)C)C(CCC(=O)OC)=C4C)c(C)c3C=C. The summed E-state index contributed by atoms with van der Waals surface area (Å²) in [6, 6.07) is 8.23. The number of hydrogen-bond acceptors (Lipinski definition) is 6. The van der Waals surface area contributed by atoms with Crippen molar-refractivity contribution in [2.75, 3.05) is 34.3 Å². The summed E-state index contributed by atoms with van der Waals surface area (Å²) < 4.78 is 4.97. The minimum atomic E-state index is -0.273. The number of aromatic nitrogens is 4. The van der Waals surface area contributed by atoms with E-state index in [1.807, 2.05) is 44.1 Å². The lowest BCUT2D eigenvalue weighted by atomic mass is 10.00. The summed E-state index contributed by atoms with van der Waals surface area (Å²) >= 11 is 0. The van der Waals surface area contributed by atoms with Crippen molar-refractivity contribution >= 4 is 62.3 Å². The molecule has 9 heteroatoms. The number of aromatic amines is 2. The smallest absolute Gasteiger partial charge is 0.305 e. The number of H-pyrrole nitrogens is 2. The molecule has 8 bridgehead atoms. The normalized spacial score (nSPS) is 12.9. The van der Waals surface area contributed by atoms with E-state index in [4.69, 9.17) is 14.7 Å². The number of amides is 1. The summed E-state index contributed by atoms with van der Waals surface area (Å²) in [6.07, 6.45) is 5.32. The van der Waals surface area contributed by atoms with Crippen LogP contribution in [0.4, 0.5) is 0 Å². The number of methoxy groups -OCH3 is 1. The summed E-state index contributed by atoms with van der Waals surface area (Å²) in [5, 5.41) is 3.03. The minimum Gasteiger partial charge on any atom is -0.469 e. The van der Waals surface area contributed by atoms with E-state index in [0.717, 1.165) is 95.9 Å². The summed E-state index contributed by atoms with van der Waals surface area (Å²) in [4.78, 5) is 44.6. The third-order valence-electron chi connectivity index (χ3n) is 9.33. The summed E-state index contributed by atoms with van der Waals surface area (Å²) in [5.74, 6) is -0.267. The zero-order valence-electron chi connectivity index (χ0n) is 29.2. The molecule has 3 N–H and O–H groups in total. The Balaban J connectivity index is 1.79. The zero-order valence-corrected chi connectivity index (χ0v) is 29.2. The number of carbonyl (C=O) groups excluding carboxylic acids is 2. The second kappa shape index (κ2) is 14.4. The number of rotatable bonds is 11. The number of likely N-dealkylation sites (N-methyl/N-ethyl adjacent to an activating group) is 1. The van der Waals surface area contributed by atoms with Gasteiger partial charge in [-0.1, -0.05) is 25.3 Å². The number of esters is 1. The van der Waals surface area contributed by atoms with Crippen LogP contribution in [-0.4, -0.2) is 71.0 Å². The van der Waals surface area contributed by atoms with Crippen LogP contribution < -0.4 is 5.32 Å². The first-order chi connectivity index (χ1) is 22.9. The molecule has 1 amide bonds. The second-order valence-electron chi connectivity index (χ2n) is 12.7. The van der Waals surface area contributed by atoms with Gasteiger partial charge >= 0.3 is 5.97 Å². The van der Waals surface area contributed by atoms with Gasteiger partial charge in [-0.3, -0.25) is 9.59 Å². The number of hydrogen-bond donors (Lipinski definition) is 3. The Morgan fingerprint density at radius 2 is 1.44 bits per heavy atom. The van der Waals surface area contributed by atoms with Gasteiger partial charge in [-0.25, -0.2) is 9.97 Å². The zero-order chi connectivity index (χ0) is 34.7. The Hall–Kier alpha value is -5.02. The molecule has 2 aliphatic rings. The Morgan fingerprint density at radius 3 is 2.12 bits per heavy atom. The van der Waals surface area contributed by atoms with Crippen LogP contribution in [0.3, 0.4) is 0 Å². The lowest BCUT2D eigenvalue weighted by Crippen LogP contribution is -2.31. The average Bonchev–Trinajstić information content (AvgIpc) is 3.71. The molecule has 0 saturated carbocycles. The number of ether oxygens (including phenoxy) is 1. The largest absolute Gasteiger partial charge is 0.469 e. The minimum absolute atomic E-state index is 0.00657. The van der Waals surface area contributed by atoms with Crippen molar-refractivity contribution in [1.82, 2.24) is 30.2 Å². The maximum atomic E-state index is 12.9. The van der Waals surface area contributed by atoms with Gasteiger partial charge in [0.2, 0.25) is 5.91 Å². The number of allylic oxidation sites excluding steroid dienone is 5. The van der Waals surface area contributed by atoms with E-state index in [0.29, 0.717) is 25.8 Å². The number of nitrogens with one attached hydrogen (secondary N) is 3. The van der Waals surface area contributed by atoms with E-state index < -0.39 is 0 Å². The number of aryl methyl sites for hydroxylation is 3. The Morgan fingerprint density at radius 1 is 0.812 bits per heavy atom. The van der Waals surface area contributed by atoms with Crippen LogP contribution in [0.5, 0.6) is 0 Å². The molecule has 5 rings (SSSR count). The van der Waals surface area contributed by atoms with Crippen molar-refractivity contribution < 1.29 is 14.3 Å². The van der Waals surface area contributed by atoms with Gasteiger partial charge in [0, 0.05) is 59.1 Å². The molecule has 0 saturated heterocycles. The maximum absolute atomic E-state index is 12.9. The van der Waals surface area contributed by atoms with Gasteiger partial charge in [0.25, 0.3) is 0 Å². The lowest BCUT2D eigenvalue weighted by molar-refractivity contribution is -0.140. The molecule has 5 heterocycles. The van der Waals surface area contributed by atoms with Gasteiger partial charge in [-0.2, -0.15) is 0 Å². The van der Waals surface area contributed by atoms with Crippen LogP contribution in [0.2, 0.25) is 0 Å². The number of fused-ring (bicyclic) bond motifs is 8. The maximum Gasteiger partial charge on any atom is 0.305 e. The number of carbonyl (C=O) groups is 2. The summed E-state index contributed by atoms with van der Waals surface area (Å²) in [5.41, 5.74) is 15.0. The highest BCUT2D eigenvalue weighted by Gasteiger charge is 2.21. The Kier molecular flexibility index (Phi) is 10.3. The molecule has 0 aromatic carbocycles. The molecule has 0 radical (unpaired) electrons. The van der Waals surface area contributed by atoms with Crippen molar-refractivity contribution in [2.45, 2.75) is 53.4 Å². The van der Waals surface area contributed by atoms with E-state index in [2.05, 4.69) is 67.4 Å². The fourth-order valence-corrected chi connectivity index (χ4v) is 6.38. The third-order valence-corrected chi connectivity index (χ3v) is 9.33. The molecule has 9 nitrogen and oxygen atoms in total. The first-order valence-corrected chi connectivity index (χ1v) is 16.3. The van der Waals surface area contributed by atoms with Gasteiger partial charge in [0.15, 0.2) is 0 Å². The van der Waals surface area contributed by atoms with Crippen LogP contribution in [0, 0.1) is 13.8 Å². The standard InChI is InChI=1S/C39H46N6O3/c1-10-26-22(3)30-18-31-25(6)29(13-15-39(47)48-9)37(43-31)21-36-28(12-14-38(46)40-16-17-45(7)8)24(5)33(44-36)20-35-27(11-2)23(4)32(42-35)19-34(26)41-30/h10-11,18-21,41,44H,1-2,12-17H2,3-9H3,(H,40,46). The molecule has 250 valence electrons. The van der Waals surface area contributed by atoms with Crippen LogP contribution in [-0.2, 0) is 20.7 Å². The van der Waals surface area contributed by atoms with Gasteiger partial charge in [0.1, 0.15) is 0 Å². The fraction of sp³-hybridized carbons (Fsp3) is 0.333. The van der Waals surface area contributed by atoms with Crippen molar-refractivity contribution in [3.63, 3.8) is 0 Å². The van der Waals surface area contributed by atoms with E-state index in [1.165, 1.54) is 7.11 Å². The van der Waals surface area contributed by atoms with Crippen LogP contribution in [0.25, 0.3) is 50.4 Å². The van der Waals surface area contributed by atoms with E-state index >= 15 is 0 Å². The van der Waals surface area contributed by atoms with Crippen molar-refractivity contribution in [3.05, 3.63) is 88.5 Å². The first kappa shape index (κ1) is 34.3. The van der Waals surface area contributed by atoms with Crippen molar-refractivity contribution in [3.8, 4) is 0 Å². The Labute approximate surface area is 282 Å². The molecule has 2 aliphatic heterocycles. The average molecular weight is 647 g/mol. The molecule has 3 aromatic heterocycles. The molecule has 48 heavy (non-hydrogen) atoms. The molecular formula is C39H46N6O3. The topological polar surface area (TPSA) is 116 Å². The number of nitrogens with zero attached hydrogens (tertiary/aromatic N) is 3. The fourth-order valence-electron chi connectivity index (χ4n) is 6.38. The molecular weight excluding hydrogens is 600 g/mol. The van der Waals surface area contributed by atoms with Crippen LogP contribution in [0.15, 0.2) is 43.5 Å². The summed E-state index contributed by atoms with van der Waals surface area (Å²) in [6.45, 7) is 17.8. The second-order valence-corrected chi connectivity index (χ2v) is 12.7.